The fourth-order valence-electron chi connectivity index (χ4n) is 3.83. The van der Waals surface area contributed by atoms with Gasteiger partial charge in [0, 0.05) is 12.6 Å². The average molecular weight is 419 g/mol. The third-order valence-electron chi connectivity index (χ3n) is 5.47. The smallest absolute Gasteiger partial charge is 0.338 e. The standard InChI is InChI=1S/C23H25N5O3/c1-3-31-22(29)16-9-7-8-15(14-16)20-27-18-19(24)25-17(26-21(18)28(20)2)10-13-23(30)11-5-4-6-12-23/h7-9,14,30H,3-6,11-12H2,1-2H3,(H2,24,25,26). The van der Waals surface area contributed by atoms with Gasteiger partial charge in [0.05, 0.1) is 12.2 Å². The maximum absolute atomic E-state index is 12.1. The van der Waals surface area contributed by atoms with Crippen molar-refractivity contribution >= 4 is 23.0 Å². The number of nitrogens with two attached hydrogens (primary N) is 1. The van der Waals surface area contributed by atoms with Gasteiger partial charge in [-0.1, -0.05) is 24.5 Å². The van der Waals surface area contributed by atoms with E-state index < -0.39 is 5.60 Å². The lowest BCUT2D eigenvalue weighted by molar-refractivity contribution is 0.0526. The number of esters is 1. The quantitative estimate of drug-likeness (QED) is 0.495. The number of anilines is 1. The van der Waals surface area contributed by atoms with Gasteiger partial charge in [-0.2, -0.15) is 0 Å². The summed E-state index contributed by atoms with van der Waals surface area (Å²) in [7, 11) is 1.82. The maximum atomic E-state index is 12.1. The summed E-state index contributed by atoms with van der Waals surface area (Å²) < 4.78 is 6.87. The summed E-state index contributed by atoms with van der Waals surface area (Å²) in [4.78, 5) is 25.5. The van der Waals surface area contributed by atoms with Crippen molar-refractivity contribution in [1.29, 1.82) is 0 Å². The van der Waals surface area contributed by atoms with Crippen LogP contribution in [0.25, 0.3) is 22.6 Å². The Morgan fingerprint density at radius 1 is 1.26 bits per heavy atom. The van der Waals surface area contributed by atoms with Crippen LogP contribution < -0.4 is 5.73 Å². The number of ether oxygens (including phenoxy) is 1. The third-order valence-corrected chi connectivity index (χ3v) is 5.47. The molecule has 4 rings (SSSR count). The Morgan fingerprint density at radius 3 is 2.77 bits per heavy atom. The first-order chi connectivity index (χ1) is 14.9. The number of carbonyl (C=O) groups excluding carboxylic acids is 1. The highest BCUT2D eigenvalue weighted by Gasteiger charge is 2.26. The SMILES string of the molecule is CCOC(=O)c1cccc(-c2nc3c(N)nc(C#CC4(O)CCCCC4)nc3n2C)c1. The zero-order valence-electron chi connectivity index (χ0n) is 17.7. The first kappa shape index (κ1) is 20.8. The third kappa shape index (κ3) is 4.23. The van der Waals surface area contributed by atoms with Crippen LogP contribution >= 0.6 is 0 Å². The van der Waals surface area contributed by atoms with E-state index in [2.05, 4.69) is 26.8 Å². The summed E-state index contributed by atoms with van der Waals surface area (Å²) in [6.45, 7) is 2.07. The van der Waals surface area contributed by atoms with Gasteiger partial charge in [0.25, 0.3) is 0 Å². The summed E-state index contributed by atoms with van der Waals surface area (Å²) in [5, 5.41) is 10.6. The molecule has 1 aromatic carbocycles. The van der Waals surface area contributed by atoms with E-state index in [4.69, 9.17) is 10.5 Å². The van der Waals surface area contributed by atoms with Crippen molar-refractivity contribution in [2.75, 3.05) is 12.3 Å². The lowest BCUT2D eigenvalue weighted by Gasteiger charge is -2.26. The van der Waals surface area contributed by atoms with Crippen LogP contribution in [0, 0.1) is 11.8 Å². The van der Waals surface area contributed by atoms with E-state index in [1.54, 1.807) is 29.7 Å². The van der Waals surface area contributed by atoms with Crippen LogP contribution in [0.5, 0.6) is 0 Å². The fourth-order valence-corrected chi connectivity index (χ4v) is 3.83. The molecule has 0 saturated heterocycles. The molecule has 0 aliphatic heterocycles. The first-order valence-corrected chi connectivity index (χ1v) is 10.4. The van der Waals surface area contributed by atoms with Crippen LogP contribution in [0.3, 0.4) is 0 Å². The Hall–Kier alpha value is -3.44. The molecule has 1 fully saturated rings. The number of nitrogen functional groups attached to an aromatic ring is 1. The van der Waals surface area contributed by atoms with Crippen LogP contribution in [0.4, 0.5) is 5.82 Å². The second-order valence-electron chi connectivity index (χ2n) is 7.74. The maximum Gasteiger partial charge on any atom is 0.338 e. The van der Waals surface area contributed by atoms with Crippen molar-refractivity contribution in [2.45, 2.75) is 44.6 Å². The second-order valence-corrected chi connectivity index (χ2v) is 7.74. The van der Waals surface area contributed by atoms with E-state index in [-0.39, 0.29) is 17.6 Å². The Kier molecular flexibility index (Phi) is 5.61. The molecule has 31 heavy (non-hydrogen) atoms. The zero-order chi connectivity index (χ0) is 22.0. The molecule has 3 aromatic rings. The van der Waals surface area contributed by atoms with Gasteiger partial charge in [-0.05, 0) is 50.7 Å². The molecule has 1 saturated carbocycles. The molecule has 0 atom stereocenters. The lowest BCUT2D eigenvalue weighted by atomic mass is 9.85. The fraction of sp³-hybridized carbons (Fsp3) is 0.391. The number of fused-ring (bicyclic) bond motifs is 1. The number of hydrogen-bond acceptors (Lipinski definition) is 7. The molecule has 3 N–H and O–H groups in total. The van der Waals surface area contributed by atoms with Gasteiger partial charge in [-0.3, -0.25) is 0 Å². The number of rotatable bonds is 3. The van der Waals surface area contributed by atoms with Crippen LogP contribution in [-0.2, 0) is 11.8 Å². The van der Waals surface area contributed by atoms with Crippen molar-refractivity contribution in [3.8, 4) is 23.2 Å². The van der Waals surface area contributed by atoms with E-state index in [0.717, 1.165) is 24.8 Å². The van der Waals surface area contributed by atoms with E-state index in [1.165, 1.54) is 0 Å². The minimum Gasteiger partial charge on any atom is -0.462 e. The molecule has 8 heteroatoms. The molecule has 0 spiro atoms. The topological polar surface area (TPSA) is 116 Å². The summed E-state index contributed by atoms with van der Waals surface area (Å²) >= 11 is 0. The number of imidazole rings is 1. The van der Waals surface area contributed by atoms with Gasteiger partial charge in [0.1, 0.15) is 11.4 Å². The van der Waals surface area contributed by atoms with Gasteiger partial charge in [-0.25, -0.2) is 19.7 Å². The van der Waals surface area contributed by atoms with Crippen molar-refractivity contribution in [1.82, 2.24) is 19.5 Å². The highest BCUT2D eigenvalue weighted by Crippen LogP contribution is 2.28. The molecule has 160 valence electrons. The molecule has 8 nitrogen and oxygen atoms in total. The van der Waals surface area contributed by atoms with Gasteiger partial charge in [0.2, 0.25) is 5.82 Å². The van der Waals surface area contributed by atoms with Crippen LogP contribution in [0.2, 0.25) is 0 Å². The Labute approximate surface area is 180 Å². The summed E-state index contributed by atoms with van der Waals surface area (Å²) in [5.74, 6) is 6.51. The molecule has 0 radical (unpaired) electrons. The monoisotopic (exact) mass is 419 g/mol. The molecular weight excluding hydrogens is 394 g/mol. The number of aryl methyl sites for hydroxylation is 1. The summed E-state index contributed by atoms with van der Waals surface area (Å²) in [6, 6.07) is 7.05. The average Bonchev–Trinajstić information content (AvgIpc) is 3.10. The van der Waals surface area contributed by atoms with Gasteiger partial charge >= 0.3 is 5.97 Å². The van der Waals surface area contributed by atoms with E-state index in [9.17, 15) is 9.90 Å². The number of carbonyl (C=O) groups is 1. The molecule has 2 heterocycles. The predicted molar refractivity (Wildman–Crippen MR) is 117 cm³/mol. The van der Waals surface area contributed by atoms with Gasteiger partial charge in [-0.15, -0.1) is 0 Å². The number of hydrogen-bond donors (Lipinski definition) is 2. The summed E-state index contributed by atoms with van der Waals surface area (Å²) in [5.41, 5.74) is 7.32. The number of aliphatic hydroxyl groups is 1. The first-order valence-electron chi connectivity index (χ1n) is 10.4. The van der Waals surface area contributed by atoms with E-state index in [0.29, 0.717) is 42.0 Å². The molecule has 2 aromatic heterocycles. The summed E-state index contributed by atoms with van der Waals surface area (Å²) in [6.07, 6.45) is 4.36. The molecule has 1 aliphatic rings. The normalized spacial score (nSPS) is 15.3. The second kappa shape index (κ2) is 8.36. The highest BCUT2D eigenvalue weighted by atomic mass is 16.5. The highest BCUT2D eigenvalue weighted by molar-refractivity contribution is 5.91. The minimum atomic E-state index is -0.990. The molecule has 0 unspecified atom stereocenters. The number of nitrogens with zero attached hydrogens (tertiary/aromatic N) is 4. The Bertz CT molecular complexity index is 1200. The van der Waals surface area contributed by atoms with Crippen LogP contribution in [-0.4, -0.2) is 42.8 Å². The molecular formula is C23H25N5O3. The van der Waals surface area contributed by atoms with Crippen molar-refractivity contribution < 1.29 is 14.6 Å². The van der Waals surface area contributed by atoms with Crippen molar-refractivity contribution in [3.63, 3.8) is 0 Å². The van der Waals surface area contributed by atoms with Crippen LogP contribution in [0.15, 0.2) is 24.3 Å². The van der Waals surface area contributed by atoms with E-state index in [1.807, 2.05) is 13.1 Å². The molecule has 1 aliphatic carbocycles. The molecule has 0 bridgehead atoms. The number of aromatic nitrogens is 4. The lowest BCUT2D eigenvalue weighted by Crippen LogP contribution is -2.29. The van der Waals surface area contributed by atoms with Crippen molar-refractivity contribution in [3.05, 3.63) is 35.7 Å². The largest absolute Gasteiger partial charge is 0.462 e. The Morgan fingerprint density at radius 2 is 2.03 bits per heavy atom. The molecule has 0 amide bonds. The van der Waals surface area contributed by atoms with Crippen LogP contribution in [0.1, 0.15) is 55.2 Å². The van der Waals surface area contributed by atoms with E-state index >= 15 is 0 Å². The zero-order valence-corrected chi connectivity index (χ0v) is 17.7. The van der Waals surface area contributed by atoms with Gasteiger partial charge in [0.15, 0.2) is 17.0 Å². The predicted octanol–water partition coefficient (Wildman–Crippen LogP) is 2.84. The van der Waals surface area contributed by atoms with Gasteiger partial charge < -0.3 is 20.1 Å². The Balaban J connectivity index is 1.73. The van der Waals surface area contributed by atoms with Crippen molar-refractivity contribution in [2.24, 2.45) is 7.05 Å². The minimum absolute atomic E-state index is 0.216. The number of benzene rings is 1.